The van der Waals surface area contributed by atoms with E-state index in [1.165, 1.54) is 0 Å². The molecule has 4 aromatic rings. The number of fused-ring (bicyclic) bond motifs is 1. The van der Waals surface area contributed by atoms with Crippen molar-refractivity contribution in [1.29, 1.82) is 0 Å². The van der Waals surface area contributed by atoms with Crippen LogP contribution in [0.3, 0.4) is 0 Å². The molecule has 0 aliphatic heterocycles. The molecule has 1 aromatic carbocycles. The van der Waals surface area contributed by atoms with Crippen LogP contribution in [-0.2, 0) is 4.79 Å². The number of carbonyl (C=O) groups is 1. The second-order valence-electron chi connectivity index (χ2n) is 8.35. The summed E-state index contributed by atoms with van der Waals surface area (Å²) < 4.78 is 18.0. The van der Waals surface area contributed by atoms with Crippen LogP contribution in [0.1, 0.15) is 37.3 Å². The highest BCUT2D eigenvalue weighted by molar-refractivity contribution is 9.10. The van der Waals surface area contributed by atoms with Gasteiger partial charge in [0.15, 0.2) is 11.8 Å². The summed E-state index contributed by atoms with van der Waals surface area (Å²) in [6.07, 6.45) is 5.87. The third-order valence-corrected chi connectivity index (χ3v) is 7.18. The first-order valence-electron chi connectivity index (χ1n) is 10.7. The fraction of sp³-hybridized carbons (Fsp3) is 0.304. The molecule has 1 aliphatic rings. The molecule has 1 atom stereocenters. The molecule has 33 heavy (non-hydrogen) atoms. The molecule has 3 heterocycles. The summed E-state index contributed by atoms with van der Waals surface area (Å²) in [5.41, 5.74) is 10.4. The number of benzene rings is 1. The quantitative estimate of drug-likeness (QED) is 0.403. The van der Waals surface area contributed by atoms with Crippen molar-refractivity contribution < 1.29 is 14.3 Å². The Kier molecular flexibility index (Phi) is 5.61. The van der Waals surface area contributed by atoms with Gasteiger partial charge in [-0.25, -0.2) is 18.9 Å². The number of nitrogens with two attached hydrogens (primary N) is 1. The van der Waals surface area contributed by atoms with Gasteiger partial charge in [-0.1, -0.05) is 18.2 Å². The Morgan fingerprint density at radius 2 is 1.88 bits per heavy atom. The van der Waals surface area contributed by atoms with Crippen molar-refractivity contribution in [3.63, 3.8) is 0 Å². The van der Waals surface area contributed by atoms with Crippen molar-refractivity contribution in [3.05, 3.63) is 59.1 Å². The molecule has 10 heteroatoms. The van der Waals surface area contributed by atoms with E-state index in [2.05, 4.69) is 26.1 Å². The lowest BCUT2D eigenvalue weighted by molar-refractivity contribution is -0.145. The summed E-state index contributed by atoms with van der Waals surface area (Å²) >= 11 is 3.57. The van der Waals surface area contributed by atoms with Gasteiger partial charge < -0.3 is 10.8 Å². The molecule has 0 radical (unpaired) electrons. The number of hydrogen-bond donors (Lipinski definition) is 2. The maximum absolute atomic E-state index is 14.0. The number of hydrogen-bond acceptors (Lipinski definition) is 5. The van der Waals surface area contributed by atoms with Crippen LogP contribution >= 0.6 is 15.9 Å². The molecule has 1 unspecified atom stereocenters. The van der Waals surface area contributed by atoms with Crippen molar-refractivity contribution in [3.8, 4) is 16.8 Å². The monoisotopic (exact) mass is 512 g/mol. The fourth-order valence-electron chi connectivity index (χ4n) is 4.56. The Morgan fingerprint density at radius 3 is 2.58 bits per heavy atom. The Morgan fingerprint density at radius 1 is 1.15 bits per heavy atom. The average molecular weight is 513 g/mol. The van der Waals surface area contributed by atoms with Crippen LogP contribution in [0.15, 0.2) is 53.4 Å². The van der Waals surface area contributed by atoms with Gasteiger partial charge in [0.25, 0.3) is 0 Å². The summed E-state index contributed by atoms with van der Waals surface area (Å²) in [4.78, 5) is 15.9. The molecule has 5 rings (SSSR count). The smallest absolute Gasteiger partial charge is 0.338 e. The molecule has 0 bridgehead atoms. The van der Waals surface area contributed by atoms with Crippen molar-refractivity contribution in [2.75, 3.05) is 5.73 Å². The topological polar surface area (TPSA) is 111 Å². The van der Waals surface area contributed by atoms with E-state index in [9.17, 15) is 9.18 Å². The van der Waals surface area contributed by atoms with Gasteiger partial charge >= 0.3 is 5.97 Å². The molecule has 0 saturated heterocycles. The molecule has 170 valence electrons. The van der Waals surface area contributed by atoms with E-state index in [1.54, 1.807) is 21.6 Å². The number of nitrogens with zero attached hydrogens (tertiary/aromatic N) is 5. The second-order valence-corrected chi connectivity index (χ2v) is 9.14. The third kappa shape index (κ3) is 3.88. The first-order valence-corrected chi connectivity index (χ1v) is 11.5. The highest BCUT2D eigenvalue weighted by atomic mass is 79.9. The number of halogens is 2. The van der Waals surface area contributed by atoms with E-state index in [0.717, 1.165) is 22.5 Å². The standard InChI is InChI=1S/C23H22BrFN6O2/c24-18-20(14-8-6-13(7-9-14)19(25)23(32)33)29-22-17(11-28-31(22)21(18)26)15-10-27-30(12-15)16-4-2-1-3-5-16/h1-5,10-14,19H,6-9,26H2,(H,32,33). The Balaban J connectivity index is 1.48. The molecular weight excluding hydrogens is 491 g/mol. The van der Waals surface area contributed by atoms with Crippen LogP contribution in [-0.4, -0.2) is 41.6 Å². The SMILES string of the molecule is Nc1c(Br)c(C2CCC(C(F)C(=O)O)CC2)nc2c(-c3cnn(-c4ccccc4)c3)cnn12. The van der Waals surface area contributed by atoms with E-state index in [4.69, 9.17) is 15.8 Å². The van der Waals surface area contributed by atoms with Crippen molar-refractivity contribution >= 4 is 33.4 Å². The van der Waals surface area contributed by atoms with Gasteiger partial charge in [0.1, 0.15) is 5.82 Å². The predicted molar refractivity (Wildman–Crippen MR) is 125 cm³/mol. The number of nitrogen functional groups attached to an aromatic ring is 1. The molecular formula is C23H22BrFN6O2. The van der Waals surface area contributed by atoms with Crippen LogP contribution in [0, 0.1) is 5.92 Å². The van der Waals surface area contributed by atoms with Crippen LogP contribution < -0.4 is 5.73 Å². The molecule has 8 nitrogen and oxygen atoms in total. The Labute approximate surface area is 197 Å². The van der Waals surface area contributed by atoms with Crippen LogP contribution in [0.2, 0.25) is 0 Å². The van der Waals surface area contributed by atoms with Gasteiger partial charge in [-0.2, -0.15) is 14.7 Å². The largest absolute Gasteiger partial charge is 0.479 e. The van der Waals surface area contributed by atoms with Crippen molar-refractivity contribution in [2.24, 2.45) is 5.92 Å². The number of anilines is 1. The fourth-order valence-corrected chi connectivity index (χ4v) is 5.14. The lowest BCUT2D eigenvalue weighted by atomic mass is 9.78. The molecule has 1 saturated carbocycles. The molecule has 3 N–H and O–H groups in total. The minimum Gasteiger partial charge on any atom is -0.479 e. The number of carboxylic acids is 1. The zero-order valence-corrected chi connectivity index (χ0v) is 19.2. The van der Waals surface area contributed by atoms with Crippen LogP contribution in [0.25, 0.3) is 22.5 Å². The van der Waals surface area contributed by atoms with E-state index >= 15 is 0 Å². The third-order valence-electron chi connectivity index (χ3n) is 6.37. The van der Waals surface area contributed by atoms with Gasteiger partial charge in [-0.15, -0.1) is 0 Å². The Hall–Kier alpha value is -3.27. The summed E-state index contributed by atoms with van der Waals surface area (Å²) in [5, 5.41) is 17.9. The number of para-hydroxylation sites is 1. The lowest BCUT2D eigenvalue weighted by Gasteiger charge is -2.29. The molecule has 1 fully saturated rings. The summed E-state index contributed by atoms with van der Waals surface area (Å²) in [6, 6.07) is 9.80. The maximum atomic E-state index is 14.0. The van der Waals surface area contributed by atoms with E-state index in [-0.39, 0.29) is 5.92 Å². The number of aromatic nitrogens is 5. The second kappa shape index (κ2) is 8.58. The number of carboxylic acid groups (broad SMARTS) is 1. The highest BCUT2D eigenvalue weighted by Gasteiger charge is 2.34. The molecule has 3 aromatic heterocycles. The molecule has 0 spiro atoms. The minimum absolute atomic E-state index is 0.0544. The average Bonchev–Trinajstić information content (AvgIpc) is 3.49. The summed E-state index contributed by atoms with van der Waals surface area (Å²) in [5.74, 6) is -1.36. The van der Waals surface area contributed by atoms with Crippen LogP contribution in [0.4, 0.5) is 10.2 Å². The van der Waals surface area contributed by atoms with Crippen LogP contribution in [0.5, 0.6) is 0 Å². The minimum atomic E-state index is -1.82. The normalized spacial score (nSPS) is 19.6. The van der Waals surface area contributed by atoms with E-state index in [1.807, 2.05) is 36.5 Å². The van der Waals surface area contributed by atoms with Crippen molar-refractivity contribution in [2.45, 2.75) is 37.8 Å². The first-order chi connectivity index (χ1) is 15.9. The zero-order valence-electron chi connectivity index (χ0n) is 17.6. The van der Waals surface area contributed by atoms with Gasteiger partial charge in [0, 0.05) is 29.2 Å². The zero-order chi connectivity index (χ0) is 23.1. The van der Waals surface area contributed by atoms with Gasteiger partial charge in [0.05, 0.1) is 28.2 Å². The number of rotatable bonds is 5. The molecule has 0 amide bonds. The lowest BCUT2D eigenvalue weighted by Crippen LogP contribution is -2.28. The van der Waals surface area contributed by atoms with E-state index in [0.29, 0.717) is 41.6 Å². The van der Waals surface area contributed by atoms with Crippen molar-refractivity contribution in [1.82, 2.24) is 24.4 Å². The Bertz CT molecular complexity index is 1310. The molecule has 1 aliphatic carbocycles. The summed E-state index contributed by atoms with van der Waals surface area (Å²) in [7, 11) is 0. The first kappa shape index (κ1) is 21.6. The number of aliphatic carboxylic acids is 1. The highest BCUT2D eigenvalue weighted by Crippen LogP contribution is 2.41. The van der Waals surface area contributed by atoms with Gasteiger partial charge in [-0.05, 0) is 53.7 Å². The summed E-state index contributed by atoms with van der Waals surface area (Å²) in [6.45, 7) is 0. The van der Waals surface area contributed by atoms with Gasteiger partial charge in [-0.3, -0.25) is 0 Å². The van der Waals surface area contributed by atoms with Gasteiger partial charge in [0.2, 0.25) is 0 Å². The maximum Gasteiger partial charge on any atom is 0.338 e. The number of alkyl halides is 1. The predicted octanol–water partition coefficient (Wildman–Crippen LogP) is 4.62. The van der Waals surface area contributed by atoms with E-state index < -0.39 is 18.1 Å².